The Morgan fingerprint density at radius 2 is 1.94 bits per heavy atom. The average Bonchev–Trinajstić information content (AvgIpc) is 3.36. The van der Waals surface area contributed by atoms with Crippen molar-refractivity contribution >= 4 is 27.4 Å². The molecule has 3 atom stereocenters. The normalized spacial score (nSPS) is 30.1. The van der Waals surface area contributed by atoms with Gasteiger partial charge in [-0.25, -0.2) is 9.97 Å². The van der Waals surface area contributed by atoms with Crippen LogP contribution in [0.25, 0.3) is 10.2 Å². The highest BCUT2D eigenvalue weighted by molar-refractivity contribution is 7.19. The van der Waals surface area contributed by atoms with Crippen molar-refractivity contribution in [2.24, 2.45) is 11.3 Å². The Hall–Kier alpha value is -1.28. The Labute approximate surface area is 188 Å². The third-order valence-corrected chi connectivity index (χ3v) is 9.29. The van der Waals surface area contributed by atoms with Gasteiger partial charge < -0.3 is 14.4 Å². The van der Waals surface area contributed by atoms with E-state index in [1.165, 1.54) is 47.9 Å². The Balaban J connectivity index is 1.42. The fraction of sp³-hybridized carbons (Fsp3) is 0.750. The van der Waals surface area contributed by atoms with E-state index in [4.69, 9.17) is 19.4 Å². The van der Waals surface area contributed by atoms with E-state index in [1.807, 2.05) is 11.3 Å². The van der Waals surface area contributed by atoms with Crippen LogP contribution in [0.1, 0.15) is 49.4 Å². The summed E-state index contributed by atoms with van der Waals surface area (Å²) >= 11 is 1.92. The van der Waals surface area contributed by atoms with Crippen molar-refractivity contribution in [2.45, 2.75) is 64.6 Å². The van der Waals surface area contributed by atoms with Gasteiger partial charge in [-0.15, -0.1) is 11.3 Å². The molecule has 0 spiro atoms. The first-order valence-corrected chi connectivity index (χ1v) is 12.8. The minimum atomic E-state index is 0.146. The summed E-state index contributed by atoms with van der Waals surface area (Å²) in [7, 11) is 2.27. The lowest BCUT2D eigenvalue weighted by molar-refractivity contribution is -0.101. The minimum Gasteiger partial charge on any atom is -0.379 e. The number of rotatable bonds is 4. The van der Waals surface area contributed by atoms with Crippen molar-refractivity contribution in [3.63, 3.8) is 0 Å². The van der Waals surface area contributed by atoms with Crippen LogP contribution in [0.2, 0.25) is 0 Å². The fourth-order valence-corrected chi connectivity index (χ4v) is 7.96. The Bertz CT molecular complexity index is 984. The highest BCUT2D eigenvalue weighted by atomic mass is 32.1. The third-order valence-electron chi connectivity index (χ3n) is 8.10. The third kappa shape index (κ3) is 3.23. The first kappa shape index (κ1) is 20.3. The molecule has 2 saturated heterocycles. The van der Waals surface area contributed by atoms with Crippen LogP contribution < -0.4 is 4.90 Å². The van der Waals surface area contributed by atoms with Crippen molar-refractivity contribution in [2.75, 3.05) is 44.9 Å². The average molecular weight is 443 g/mol. The summed E-state index contributed by atoms with van der Waals surface area (Å²) in [6, 6.07) is 0.466. The van der Waals surface area contributed by atoms with E-state index in [-0.39, 0.29) is 5.41 Å². The molecule has 31 heavy (non-hydrogen) atoms. The molecule has 6 rings (SSSR count). The predicted octanol–water partition coefficient (Wildman–Crippen LogP) is 3.65. The molecule has 0 N–H and O–H groups in total. The molecule has 0 radical (unpaired) electrons. The Morgan fingerprint density at radius 3 is 2.77 bits per heavy atom. The zero-order valence-corrected chi connectivity index (χ0v) is 19.8. The van der Waals surface area contributed by atoms with Gasteiger partial charge in [0.25, 0.3) is 0 Å². The summed E-state index contributed by atoms with van der Waals surface area (Å²) in [4.78, 5) is 18.0. The van der Waals surface area contributed by atoms with Gasteiger partial charge in [0.05, 0.1) is 31.2 Å². The Kier molecular flexibility index (Phi) is 5.02. The second kappa shape index (κ2) is 7.65. The molecular formula is C24H34N4O2S. The number of aromatic nitrogens is 2. The van der Waals surface area contributed by atoms with Gasteiger partial charge in [-0.3, -0.25) is 4.90 Å². The monoisotopic (exact) mass is 442 g/mol. The molecule has 3 fully saturated rings. The van der Waals surface area contributed by atoms with Gasteiger partial charge in [0.15, 0.2) is 0 Å². The van der Waals surface area contributed by atoms with Crippen molar-refractivity contribution in [1.82, 2.24) is 14.9 Å². The number of aryl methyl sites for hydroxylation is 2. The second-order valence-electron chi connectivity index (χ2n) is 10.4. The van der Waals surface area contributed by atoms with Gasteiger partial charge in [-0.1, -0.05) is 13.8 Å². The highest BCUT2D eigenvalue weighted by Gasteiger charge is 2.61. The van der Waals surface area contributed by atoms with Gasteiger partial charge in [0, 0.05) is 49.0 Å². The van der Waals surface area contributed by atoms with Crippen molar-refractivity contribution in [3.8, 4) is 0 Å². The second-order valence-corrected chi connectivity index (χ2v) is 11.4. The first-order chi connectivity index (χ1) is 15.0. The van der Waals surface area contributed by atoms with Crippen LogP contribution in [0, 0.1) is 11.3 Å². The van der Waals surface area contributed by atoms with Gasteiger partial charge in [-0.05, 0) is 37.7 Å². The van der Waals surface area contributed by atoms with E-state index in [0.717, 1.165) is 51.1 Å². The first-order valence-electron chi connectivity index (χ1n) is 12.0. The number of thiophene rings is 1. The molecule has 0 bridgehead atoms. The number of hydrogen-bond acceptors (Lipinski definition) is 7. The molecule has 0 amide bonds. The molecule has 1 saturated carbocycles. The predicted molar refractivity (Wildman–Crippen MR) is 124 cm³/mol. The van der Waals surface area contributed by atoms with Crippen molar-refractivity contribution in [1.29, 1.82) is 0 Å². The molecule has 0 aromatic carbocycles. The number of hydrogen-bond donors (Lipinski definition) is 0. The van der Waals surface area contributed by atoms with E-state index in [2.05, 4.69) is 30.7 Å². The summed E-state index contributed by atoms with van der Waals surface area (Å²) in [5.41, 5.74) is 1.68. The molecule has 2 aromatic rings. The van der Waals surface area contributed by atoms with E-state index >= 15 is 0 Å². The molecule has 7 heteroatoms. The highest BCUT2D eigenvalue weighted by Crippen LogP contribution is 2.55. The number of morpholine rings is 1. The molecule has 168 valence electrons. The minimum absolute atomic E-state index is 0.146. The summed E-state index contributed by atoms with van der Waals surface area (Å²) in [6.07, 6.45) is 6.51. The lowest BCUT2D eigenvalue weighted by Crippen LogP contribution is -2.66. The largest absolute Gasteiger partial charge is 0.379 e. The summed E-state index contributed by atoms with van der Waals surface area (Å²) < 4.78 is 11.6. The molecule has 6 nitrogen and oxygen atoms in total. The summed E-state index contributed by atoms with van der Waals surface area (Å²) in [5.74, 6) is 2.74. The standard InChI is InChI=1S/C24H34N4O2S/c1-24(2)20(16-8-11-30-21(16)24)27(3)22-19-15-6-4-5-7-17(15)31-23(19)26-18(25-22)14-28-9-12-29-13-10-28/h16,20-21H,4-14H2,1-3H3. The SMILES string of the molecule is CN(c1nc(CN2CCOCC2)nc2sc3c(c12)CCCC3)C1C2CCOC2C1(C)C. The van der Waals surface area contributed by atoms with Crippen LogP contribution >= 0.6 is 11.3 Å². The van der Waals surface area contributed by atoms with Crippen LogP contribution in [0.15, 0.2) is 0 Å². The number of fused-ring (bicyclic) bond motifs is 4. The fourth-order valence-electron chi connectivity index (χ4n) is 6.68. The molecular weight excluding hydrogens is 408 g/mol. The van der Waals surface area contributed by atoms with Crippen LogP contribution in [0.3, 0.4) is 0 Å². The molecule has 4 aliphatic rings. The zero-order valence-electron chi connectivity index (χ0n) is 19.0. The lowest BCUT2D eigenvalue weighted by atomic mass is 9.57. The quantitative estimate of drug-likeness (QED) is 0.720. The molecule has 3 unspecified atom stereocenters. The number of anilines is 1. The maximum absolute atomic E-state index is 6.09. The topological polar surface area (TPSA) is 50.7 Å². The van der Waals surface area contributed by atoms with Crippen LogP contribution in [-0.4, -0.2) is 67.0 Å². The molecule has 2 aliphatic heterocycles. The maximum Gasteiger partial charge on any atom is 0.146 e. The van der Waals surface area contributed by atoms with E-state index in [9.17, 15) is 0 Å². The van der Waals surface area contributed by atoms with E-state index < -0.39 is 0 Å². The van der Waals surface area contributed by atoms with E-state index in [0.29, 0.717) is 18.1 Å². The number of ether oxygens (including phenoxy) is 2. The summed E-state index contributed by atoms with van der Waals surface area (Å²) in [6.45, 7) is 10.00. The van der Waals surface area contributed by atoms with Gasteiger partial charge in [0.2, 0.25) is 0 Å². The smallest absolute Gasteiger partial charge is 0.146 e. The van der Waals surface area contributed by atoms with Gasteiger partial charge in [0.1, 0.15) is 16.5 Å². The van der Waals surface area contributed by atoms with Crippen LogP contribution in [0.4, 0.5) is 5.82 Å². The van der Waals surface area contributed by atoms with Gasteiger partial charge in [-0.2, -0.15) is 0 Å². The van der Waals surface area contributed by atoms with Crippen molar-refractivity contribution < 1.29 is 9.47 Å². The zero-order chi connectivity index (χ0) is 21.2. The molecule has 2 aromatic heterocycles. The van der Waals surface area contributed by atoms with Crippen LogP contribution in [-0.2, 0) is 28.9 Å². The lowest BCUT2D eigenvalue weighted by Gasteiger charge is -2.58. The van der Waals surface area contributed by atoms with Crippen molar-refractivity contribution in [3.05, 3.63) is 16.3 Å². The summed E-state index contributed by atoms with van der Waals surface area (Å²) in [5, 5.41) is 1.34. The number of nitrogens with zero attached hydrogens (tertiary/aromatic N) is 4. The van der Waals surface area contributed by atoms with E-state index in [1.54, 1.807) is 4.88 Å². The maximum atomic E-state index is 6.09. The van der Waals surface area contributed by atoms with Crippen LogP contribution in [0.5, 0.6) is 0 Å². The molecule has 2 aliphatic carbocycles. The Morgan fingerprint density at radius 1 is 1.13 bits per heavy atom. The van der Waals surface area contributed by atoms with Gasteiger partial charge >= 0.3 is 0 Å². The molecule has 4 heterocycles.